The van der Waals surface area contributed by atoms with Crippen LogP contribution in [0.3, 0.4) is 0 Å². The Balaban J connectivity index is 1.60. The van der Waals surface area contributed by atoms with Crippen LogP contribution in [-0.2, 0) is 9.59 Å². The highest BCUT2D eigenvalue weighted by molar-refractivity contribution is 6.39. The number of nitrogens with zero attached hydrogens (tertiary/aromatic N) is 1. The van der Waals surface area contributed by atoms with Gasteiger partial charge in [-0.2, -0.15) is 0 Å². The van der Waals surface area contributed by atoms with Crippen molar-refractivity contribution in [1.82, 2.24) is 5.32 Å². The number of carbonyl (C=O) groups excluding carboxylic acids is 3. The van der Waals surface area contributed by atoms with E-state index < -0.39 is 23.8 Å². The molecule has 2 N–H and O–H groups in total. The molecule has 3 aromatic rings. The molecule has 2 aromatic carbocycles. The first-order valence-electron chi connectivity index (χ1n) is 10.7. The van der Waals surface area contributed by atoms with Crippen LogP contribution in [0.1, 0.15) is 47.9 Å². The SMILES string of the molecule is CC[C@@H](C)c1ccc(N2C(=O)NC(=O)/C(=C/c3ccc(-c4ccc(C(=O)O)cc4)o3)C2=O)cc1. The summed E-state index contributed by atoms with van der Waals surface area (Å²) in [6, 6.07) is 15.6. The van der Waals surface area contributed by atoms with Gasteiger partial charge in [-0.3, -0.25) is 14.9 Å². The molecule has 0 bridgehead atoms. The van der Waals surface area contributed by atoms with Gasteiger partial charge in [-0.05, 0) is 60.4 Å². The summed E-state index contributed by atoms with van der Waals surface area (Å²) in [6.45, 7) is 4.17. The molecule has 2 heterocycles. The summed E-state index contributed by atoms with van der Waals surface area (Å²) >= 11 is 0. The molecule has 0 radical (unpaired) electrons. The number of nitrogens with one attached hydrogen (secondary N) is 1. The third-order valence-electron chi connectivity index (χ3n) is 5.76. The van der Waals surface area contributed by atoms with E-state index in [-0.39, 0.29) is 16.9 Å². The summed E-state index contributed by atoms with van der Waals surface area (Å²) in [4.78, 5) is 49.9. The Kier molecular flexibility index (Phi) is 6.14. The average molecular weight is 458 g/mol. The van der Waals surface area contributed by atoms with E-state index in [1.807, 2.05) is 12.1 Å². The van der Waals surface area contributed by atoms with Gasteiger partial charge in [0, 0.05) is 5.56 Å². The number of benzene rings is 2. The van der Waals surface area contributed by atoms with Crippen molar-refractivity contribution in [2.75, 3.05) is 4.90 Å². The number of aromatic carboxylic acids is 1. The van der Waals surface area contributed by atoms with E-state index in [0.29, 0.717) is 22.9 Å². The predicted octanol–water partition coefficient (Wildman–Crippen LogP) is 4.82. The van der Waals surface area contributed by atoms with Crippen molar-refractivity contribution in [3.8, 4) is 11.3 Å². The van der Waals surface area contributed by atoms with Crippen LogP contribution >= 0.6 is 0 Å². The first-order valence-corrected chi connectivity index (χ1v) is 10.7. The van der Waals surface area contributed by atoms with Crippen molar-refractivity contribution >= 4 is 35.6 Å². The van der Waals surface area contributed by atoms with E-state index in [0.717, 1.165) is 16.9 Å². The van der Waals surface area contributed by atoms with Crippen LogP contribution in [0.25, 0.3) is 17.4 Å². The quantitative estimate of drug-likeness (QED) is 0.404. The Labute approximate surface area is 195 Å². The molecule has 1 fully saturated rings. The number of carbonyl (C=O) groups is 4. The number of anilines is 1. The highest BCUT2D eigenvalue weighted by Crippen LogP contribution is 2.27. The zero-order chi connectivity index (χ0) is 24.4. The molecule has 0 unspecified atom stereocenters. The summed E-state index contributed by atoms with van der Waals surface area (Å²) in [5, 5.41) is 11.2. The molecule has 4 amide bonds. The minimum absolute atomic E-state index is 0.143. The lowest BCUT2D eigenvalue weighted by molar-refractivity contribution is -0.122. The third kappa shape index (κ3) is 4.38. The van der Waals surface area contributed by atoms with Crippen LogP contribution in [0.5, 0.6) is 0 Å². The standard InChI is InChI=1S/C26H22N2O6/c1-3-15(2)16-8-10-19(11-9-16)28-24(30)21(23(29)27-26(28)33)14-20-12-13-22(34-20)17-4-6-18(7-5-17)25(31)32/h4-15H,3H2,1-2H3,(H,31,32)(H,27,29,33)/b21-14-/t15-/m1/s1. The van der Waals surface area contributed by atoms with Crippen molar-refractivity contribution in [1.29, 1.82) is 0 Å². The number of furan rings is 1. The summed E-state index contributed by atoms with van der Waals surface area (Å²) in [5.74, 6) is -1.60. The van der Waals surface area contributed by atoms with Crippen LogP contribution in [0.15, 0.2) is 70.7 Å². The van der Waals surface area contributed by atoms with Gasteiger partial charge in [0.25, 0.3) is 11.8 Å². The van der Waals surface area contributed by atoms with Crippen molar-refractivity contribution < 1.29 is 28.7 Å². The molecule has 8 heteroatoms. The number of barbiturate groups is 1. The maximum absolute atomic E-state index is 13.1. The van der Waals surface area contributed by atoms with Crippen molar-refractivity contribution in [2.45, 2.75) is 26.2 Å². The van der Waals surface area contributed by atoms with Gasteiger partial charge in [0.05, 0.1) is 11.3 Å². The molecule has 0 saturated carbocycles. The number of hydrogen-bond donors (Lipinski definition) is 2. The van der Waals surface area contributed by atoms with Gasteiger partial charge >= 0.3 is 12.0 Å². The smallest absolute Gasteiger partial charge is 0.335 e. The van der Waals surface area contributed by atoms with Gasteiger partial charge in [-0.25, -0.2) is 14.5 Å². The summed E-state index contributed by atoms with van der Waals surface area (Å²) in [5.41, 5.74) is 1.97. The van der Waals surface area contributed by atoms with E-state index >= 15 is 0 Å². The lowest BCUT2D eigenvalue weighted by Crippen LogP contribution is -2.54. The fourth-order valence-electron chi connectivity index (χ4n) is 3.58. The lowest BCUT2D eigenvalue weighted by atomic mass is 9.98. The Bertz CT molecular complexity index is 1300. The fraction of sp³-hybridized carbons (Fsp3) is 0.154. The maximum atomic E-state index is 13.1. The number of amides is 4. The predicted molar refractivity (Wildman–Crippen MR) is 125 cm³/mol. The van der Waals surface area contributed by atoms with E-state index in [1.165, 1.54) is 18.2 Å². The highest BCUT2D eigenvalue weighted by atomic mass is 16.4. The van der Waals surface area contributed by atoms with Crippen LogP contribution in [0.4, 0.5) is 10.5 Å². The van der Waals surface area contributed by atoms with E-state index in [4.69, 9.17) is 9.52 Å². The first kappa shape index (κ1) is 22.7. The molecule has 1 saturated heterocycles. The van der Waals surface area contributed by atoms with Crippen LogP contribution < -0.4 is 10.2 Å². The summed E-state index contributed by atoms with van der Waals surface area (Å²) in [7, 11) is 0. The second-order valence-corrected chi connectivity index (χ2v) is 7.94. The van der Waals surface area contributed by atoms with E-state index in [2.05, 4.69) is 19.2 Å². The van der Waals surface area contributed by atoms with Gasteiger partial charge in [-0.15, -0.1) is 0 Å². The minimum atomic E-state index is -1.04. The van der Waals surface area contributed by atoms with Crippen LogP contribution in [0, 0.1) is 0 Å². The largest absolute Gasteiger partial charge is 0.478 e. The summed E-state index contributed by atoms with van der Waals surface area (Å²) in [6.07, 6.45) is 2.23. The number of imide groups is 2. The minimum Gasteiger partial charge on any atom is -0.478 e. The second kappa shape index (κ2) is 9.19. The number of rotatable bonds is 6. The lowest BCUT2D eigenvalue weighted by Gasteiger charge is -2.26. The number of hydrogen-bond acceptors (Lipinski definition) is 5. The van der Waals surface area contributed by atoms with Crippen LogP contribution in [0.2, 0.25) is 0 Å². The molecular formula is C26H22N2O6. The highest BCUT2D eigenvalue weighted by Gasteiger charge is 2.37. The third-order valence-corrected chi connectivity index (χ3v) is 5.76. The van der Waals surface area contributed by atoms with Crippen LogP contribution in [-0.4, -0.2) is 28.9 Å². The monoisotopic (exact) mass is 458 g/mol. The average Bonchev–Trinajstić information content (AvgIpc) is 3.30. The fourth-order valence-corrected chi connectivity index (χ4v) is 3.58. The van der Waals surface area contributed by atoms with E-state index in [9.17, 15) is 19.2 Å². The molecule has 1 aliphatic rings. The Morgan fingerprint density at radius 2 is 1.71 bits per heavy atom. The summed E-state index contributed by atoms with van der Waals surface area (Å²) < 4.78 is 5.73. The molecule has 1 aliphatic heterocycles. The number of carboxylic acids is 1. The first-order chi connectivity index (χ1) is 16.3. The second-order valence-electron chi connectivity index (χ2n) is 7.94. The van der Waals surface area contributed by atoms with Gasteiger partial charge in [0.1, 0.15) is 17.1 Å². The van der Waals surface area contributed by atoms with Gasteiger partial charge in [0.15, 0.2) is 0 Å². The van der Waals surface area contributed by atoms with Gasteiger partial charge in [0.2, 0.25) is 0 Å². The Morgan fingerprint density at radius 1 is 1.03 bits per heavy atom. The van der Waals surface area contributed by atoms with E-state index in [1.54, 1.807) is 36.4 Å². The van der Waals surface area contributed by atoms with Crippen molar-refractivity contribution in [3.05, 3.63) is 83.1 Å². The zero-order valence-corrected chi connectivity index (χ0v) is 18.6. The topological polar surface area (TPSA) is 117 Å². The van der Waals surface area contributed by atoms with Crippen molar-refractivity contribution in [3.63, 3.8) is 0 Å². The Morgan fingerprint density at radius 3 is 2.32 bits per heavy atom. The number of urea groups is 1. The molecule has 8 nitrogen and oxygen atoms in total. The molecule has 0 spiro atoms. The molecule has 34 heavy (non-hydrogen) atoms. The Hall–Kier alpha value is -4.46. The number of carboxylic acid groups (broad SMARTS) is 1. The molecule has 4 rings (SSSR count). The normalized spacial score (nSPS) is 16.0. The maximum Gasteiger partial charge on any atom is 0.335 e. The zero-order valence-electron chi connectivity index (χ0n) is 18.6. The molecule has 1 aromatic heterocycles. The van der Waals surface area contributed by atoms with Gasteiger partial charge < -0.3 is 9.52 Å². The van der Waals surface area contributed by atoms with Crippen molar-refractivity contribution in [2.24, 2.45) is 0 Å². The molecule has 172 valence electrons. The molecular weight excluding hydrogens is 436 g/mol. The molecule has 1 atom stereocenters. The molecule has 0 aliphatic carbocycles. The van der Waals surface area contributed by atoms with Gasteiger partial charge in [-0.1, -0.05) is 38.1 Å².